The van der Waals surface area contributed by atoms with E-state index in [1.807, 2.05) is 20.9 Å². The zero-order valence-electron chi connectivity index (χ0n) is 16.3. The molecule has 0 unspecified atom stereocenters. The fourth-order valence-corrected chi connectivity index (χ4v) is 4.17. The lowest BCUT2D eigenvalue weighted by molar-refractivity contribution is -0.125. The molecule has 0 aromatic rings. The second-order valence-electron chi connectivity index (χ2n) is 7.78. The van der Waals surface area contributed by atoms with Gasteiger partial charge in [0.15, 0.2) is 0 Å². The monoisotopic (exact) mass is 365 g/mol. The van der Waals surface area contributed by atoms with Crippen LogP contribution in [0.3, 0.4) is 0 Å². The summed E-state index contributed by atoms with van der Waals surface area (Å²) < 4.78 is 0. The van der Waals surface area contributed by atoms with Gasteiger partial charge in [-0.1, -0.05) is 20.4 Å². The summed E-state index contributed by atoms with van der Waals surface area (Å²) >= 11 is 0. The average Bonchev–Trinajstić information content (AvgIpc) is 2.90. The van der Waals surface area contributed by atoms with Gasteiger partial charge < -0.3 is 20.4 Å². The van der Waals surface area contributed by atoms with Crippen molar-refractivity contribution in [1.82, 2.24) is 19.6 Å². The normalized spacial score (nSPS) is 21.1. The van der Waals surface area contributed by atoms with Crippen molar-refractivity contribution < 1.29 is 14.4 Å². The van der Waals surface area contributed by atoms with Crippen LogP contribution in [-0.4, -0.2) is 89.4 Å². The summed E-state index contributed by atoms with van der Waals surface area (Å²) in [5, 5.41) is 0. The second kappa shape index (κ2) is 7.65. The number of nitrogens with two attached hydrogens (primary N) is 1. The number of hydrogen-bond donors (Lipinski definition) is 1. The Labute approximate surface area is 155 Å². The first-order valence-electron chi connectivity index (χ1n) is 9.06. The molecule has 0 bridgehead atoms. The van der Waals surface area contributed by atoms with Crippen LogP contribution in [0.15, 0.2) is 12.7 Å². The fourth-order valence-electron chi connectivity index (χ4n) is 4.17. The van der Waals surface area contributed by atoms with Crippen LogP contribution in [0.25, 0.3) is 0 Å². The van der Waals surface area contributed by atoms with Crippen molar-refractivity contribution in [3.63, 3.8) is 0 Å². The van der Waals surface area contributed by atoms with E-state index in [2.05, 4.69) is 11.5 Å². The van der Waals surface area contributed by atoms with Gasteiger partial charge in [0.2, 0.25) is 11.8 Å². The Kier molecular flexibility index (Phi) is 5.95. The summed E-state index contributed by atoms with van der Waals surface area (Å²) in [6, 6.07) is -0.787. The Morgan fingerprint density at radius 1 is 1.19 bits per heavy atom. The lowest BCUT2D eigenvalue weighted by Gasteiger charge is -2.44. The van der Waals surface area contributed by atoms with Gasteiger partial charge in [-0.25, -0.2) is 4.79 Å². The van der Waals surface area contributed by atoms with E-state index in [0.29, 0.717) is 26.3 Å². The zero-order valence-corrected chi connectivity index (χ0v) is 16.3. The van der Waals surface area contributed by atoms with Crippen LogP contribution in [0.2, 0.25) is 0 Å². The first kappa shape index (κ1) is 20.2. The number of rotatable bonds is 4. The first-order chi connectivity index (χ1) is 12.1. The minimum Gasteiger partial charge on any atom is -0.368 e. The topological polar surface area (TPSA) is 90.2 Å². The van der Waals surface area contributed by atoms with Crippen LogP contribution in [0, 0.1) is 5.92 Å². The Balaban J connectivity index is 2.01. The van der Waals surface area contributed by atoms with Gasteiger partial charge in [0, 0.05) is 32.2 Å². The van der Waals surface area contributed by atoms with Crippen LogP contribution in [0.4, 0.5) is 4.79 Å². The number of carbonyl (C=O) groups is 3. The number of carbonyl (C=O) groups excluding carboxylic acids is 3. The Morgan fingerprint density at radius 3 is 2.23 bits per heavy atom. The minimum absolute atomic E-state index is 0.0444. The van der Waals surface area contributed by atoms with Crippen LogP contribution in [0.5, 0.6) is 0 Å². The summed E-state index contributed by atoms with van der Waals surface area (Å²) in [6.07, 6.45) is 2.91. The number of urea groups is 1. The molecule has 26 heavy (non-hydrogen) atoms. The molecule has 0 aromatic heterocycles. The molecule has 8 nitrogen and oxygen atoms in total. The molecule has 0 radical (unpaired) electrons. The summed E-state index contributed by atoms with van der Waals surface area (Å²) in [6.45, 7) is 9.73. The molecule has 2 fully saturated rings. The van der Waals surface area contributed by atoms with Crippen LogP contribution in [-0.2, 0) is 9.59 Å². The molecule has 2 aliphatic rings. The van der Waals surface area contributed by atoms with Crippen molar-refractivity contribution >= 4 is 17.8 Å². The summed E-state index contributed by atoms with van der Waals surface area (Å²) in [5.74, 6) is -0.594. The van der Waals surface area contributed by atoms with E-state index in [-0.39, 0.29) is 23.4 Å². The lowest BCUT2D eigenvalue weighted by Crippen LogP contribution is -2.58. The van der Waals surface area contributed by atoms with E-state index in [1.54, 1.807) is 16.8 Å². The number of likely N-dealkylation sites (tertiary alicyclic amines) is 1. The van der Waals surface area contributed by atoms with Crippen molar-refractivity contribution in [2.24, 2.45) is 11.7 Å². The smallest absolute Gasteiger partial charge is 0.320 e. The van der Waals surface area contributed by atoms with E-state index in [4.69, 9.17) is 5.73 Å². The van der Waals surface area contributed by atoms with Crippen molar-refractivity contribution in [2.45, 2.75) is 38.3 Å². The van der Waals surface area contributed by atoms with E-state index < -0.39 is 11.9 Å². The SMILES string of the molecule is C=CC(=O)N1CN(C)C2(CCN(C(=O)N(C)[C@H](C(N)=O)C(C)C)CC2)C1. The van der Waals surface area contributed by atoms with Gasteiger partial charge in [0.1, 0.15) is 6.04 Å². The maximum atomic E-state index is 12.8. The van der Waals surface area contributed by atoms with Gasteiger partial charge >= 0.3 is 6.03 Å². The molecule has 2 saturated heterocycles. The number of amides is 4. The largest absolute Gasteiger partial charge is 0.368 e. The van der Waals surface area contributed by atoms with E-state index >= 15 is 0 Å². The standard InChI is InChI=1S/C18H31N5O3/c1-6-14(24)23-11-18(20(4)12-23)7-9-22(10-8-18)17(26)21(5)15(13(2)3)16(19)25/h6,13,15H,1,7-12H2,2-5H3,(H2,19,25)/t15-/m0/s1. The molecule has 0 aromatic carbocycles. The second-order valence-corrected chi connectivity index (χ2v) is 7.78. The van der Waals surface area contributed by atoms with Crippen LogP contribution < -0.4 is 5.73 Å². The Hall–Kier alpha value is -2.09. The molecule has 2 rings (SSSR count). The predicted octanol–water partition coefficient (Wildman–Crippen LogP) is 0.300. The maximum absolute atomic E-state index is 12.8. The average molecular weight is 365 g/mol. The molecule has 0 saturated carbocycles. The maximum Gasteiger partial charge on any atom is 0.320 e. The number of primary amides is 1. The van der Waals surface area contributed by atoms with Crippen LogP contribution in [0.1, 0.15) is 26.7 Å². The predicted molar refractivity (Wildman–Crippen MR) is 99.1 cm³/mol. The van der Waals surface area contributed by atoms with Crippen LogP contribution >= 0.6 is 0 Å². The number of hydrogen-bond acceptors (Lipinski definition) is 4. The number of piperidine rings is 1. The summed E-state index contributed by atoms with van der Waals surface area (Å²) in [7, 11) is 3.65. The highest BCUT2D eigenvalue weighted by molar-refractivity contribution is 5.87. The molecule has 2 heterocycles. The third-order valence-corrected chi connectivity index (χ3v) is 5.77. The van der Waals surface area contributed by atoms with Crippen molar-refractivity contribution in [1.29, 1.82) is 0 Å². The molecule has 8 heteroatoms. The quantitative estimate of drug-likeness (QED) is 0.726. The third-order valence-electron chi connectivity index (χ3n) is 5.77. The minimum atomic E-state index is -0.617. The molecule has 146 valence electrons. The van der Waals surface area contributed by atoms with Crippen molar-refractivity contribution in [3.8, 4) is 0 Å². The summed E-state index contributed by atoms with van der Waals surface area (Å²) in [4.78, 5) is 43.6. The molecular formula is C18H31N5O3. The number of nitrogens with zero attached hydrogens (tertiary/aromatic N) is 4. The van der Waals surface area contributed by atoms with Gasteiger partial charge in [-0.05, 0) is 31.9 Å². The van der Waals surface area contributed by atoms with Gasteiger partial charge in [0.05, 0.1) is 6.67 Å². The van der Waals surface area contributed by atoms with Gasteiger partial charge in [0.25, 0.3) is 0 Å². The molecule has 2 N–H and O–H groups in total. The highest BCUT2D eigenvalue weighted by Crippen LogP contribution is 2.34. The van der Waals surface area contributed by atoms with E-state index in [9.17, 15) is 14.4 Å². The molecular weight excluding hydrogens is 334 g/mol. The Morgan fingerprint density at radius 2 is 1.77 bits per heavy atom. The lowest BCUT2D eigenvalue weighted by atomic mass is 9.87. The summed E-state index contributed by atoms with van der Waals surface area (Å²) in [5.41, 5.74) is 5.37. The Bertz CT molecular complexity index is 583. The molecule has 1 spiro atoms. The molecule has 1 atom stereocenters. The van der Waals surface area contributed by atoms with Gasteiger partial charge in [-0.3, -0.25) is 14.5 Å². The zero-order chi connectivity index (χ0) is 19.6. The van der Waals surface area contributed by atoms with Crippen molar-refractivity contribution in [2.75, 3.05) is 40.4 Å². The van der Waals surface area contributed by atoms with Crippen molar-refractivity contribution in [3.05, 3.63) is 12.7 Å². The molecule has 4 amide bonds. The first-order valence-corrected chi connectivity index (χ1v) is 9.06. The van der Waals surface area contributed by atoms with E-state index in [0.717, 1.165) is 12.8 Å². The fraction of sp³-hybridized carbons (Fsp3) is 0.722. The van der Waals surface area contributed by atoms with E-state index in [1.165, 1.54) is 11.0 Å². The number of likely N-dealkylation sites (N-methyl/N-ethyl adjacent to an activating group) is 2. The van der Waals surface area contributed by atoms with Gasteiger partial charge in [-0.15, -0.1) is 0 Å². The molecule has 0 aliphatic carbocycles. The van der Waals surface area contributed by atoms with Gasteiger partial charge in [-0.2, -0.15) is 0 Å². The molecule has 2 aliphatic heterocycles. The highest BCUT2D eigenvalue weighted by Gasteiger charge is 2.46. The highest BCUT2D eigenvalue weighted by atomic mass is 16.2. The third kappa shape index (κ3) is 3.70.